The van der Waals surface area contributed by atoms with Crippen LogP contribution in [0.1, 0.15) is 5.69 Å². The Bertz CT molecular complexity index is 732. The highest BCUT2D eigenvalue weighted by molar-refractivity contribution is 7.92. The fourth-order valence-corrected chi connectivity index (χ4v) is 2.97. The highest BCUT2D eigenvalue weighted by atomic mass is 35.5. The highest BCUT2D eigenvalue weighted by Gasteiger charge is 2.20. The number of hydrogen-bond acceptors (Lipinski definition) is 4. The lowest BCUT2D eigenvalue weighted by molar-refractivity contribution is 0.403. The molecule has 2 aromatic rings. The Morgan fingerprint density at radius 1 is 1.25 bits per heavy atom. The van der Waals surface area contributed by atoms with Crippen LogP contribution in [0.5, 0.6) is 5.75 Å². The van der Waals surface area contributed by atoms with Gasteiger partial charge in [-0.1, -0.05) is 17.7 Å². The van der Waals surface area contributed by atoms with Gasteiger partial charge in [0.1, 0.15) is 16.5 Å². The molecule has 0 saturated carbocycles. The van der Waals surface area contributed by atoms with Crippen LogP contribution in [0.4, 0.5) is 5.82 Å². The van der Waals surface area contributed by atoms with Crippen molar-refractivity contribution in [1.29, 1.82) is 0 Å². The van der Waals surface area contributed by atoms with Crippen LogP contribution in [0.25, 0.3) is 0 Å². The second kappa shape index (κ2) is 5.68. The van der Waals surface area contributed by atoms with Crippen molar-refractivity contribution in [1.82, 2.24) is 4.98 Å². The molecular formula is C13H13ClN2O3S. The molecule has 0 spiro atoms. The third kappa shape index (κ3) is 3.20. The molecule has 0 atom stereocenters. The molecule has 0 bridgehead atoms. The zero-order valence-corrected chi connectivity index (χ0v) is 12.5. The van der Waals surface area contributed by atoms with Gasteiger partial charge >= 0.3 is 0 Å². The Hall–Kier alpha value is -1.79. The van der Waals surface area contributed by atoms with Gasteiger partial charge in [-0.05, 0) is 31.2 Å². The Morgan fingerprint density at radius 3 is 2.65 bits per heavy atom. The number of aryl methyl sites for hydroxylation is 1. The van der Waals surface area contributed by atoms with Gasteiger partial charge in [-0.15, -0.1) is 0 Å². The molecule has 1 aromatic heterocycles. The van der Waals surface area contributed by atoms with E-state index in [2.05, 4.69) is 9.71 Å². The van der Waals surface area contributed by atoms with Crippen LogP contribution in [0, 0.1) is 6.92 Å². The number of hydrogen-bond donors (Lipinski definition) is 1. The summed E-state index contributed by atoms with van der Waals surface area (Å²) in [5.41, 5.74) is 0.716. The van der Waals surface area contributed by atoms with E-state index in [4.69, 9.17) is 16.3 Å². The molecule has 0 aliphatic rings. The van der Waals surface area contributed by atoms with Crippen LogP contribution in [-0.2, 0) is 10.0 Å². The molecule has 0 fully saturated rings. The minimum atomic E-state index is -3.79. The summed E-state index contributed by atoms with van der Waals surface area (Å²) in [6.07, 6.45) is 0. The Kier molecular flexibility index (Phi) is 4.15. The third-order valence-electron chi connectivity index (χ3n) is 2.54. The quantitative estimate of drug-likeness (QED) is 0.942. The van der Waals surface area contributed by atoms with E-state index in [0.29, 0.717) is 10.7 Å². The molecule has 2 rings (SSSR count). The van der Waals surface area contributed by atoms with Gasteiger partial charge in [0.05, 0.1) is 7.11 Å². The number of halogens is 1. The van der Waals surface area contributed by atoms with E-state index < -0.39 is 10.0 Å². The molecule has 1 N–H and O–H groups in total. The number of aromatic nitrogens is 1. The van der Waals surface area contributed by atoms with Gasteiger partial charge < -0.3 is 4.74 Å². The molecule has 106 valence electrons. The van der Waals surface area contributed by atoms with Crippen LogP contribution in [0.3, 0.4) is 0 Å². The zero-order valence-electron chi connectivity index (χ0n) is 10.9. The van der Waals surface area contributed by atoms with E-state index >= 15 is 0 Å². The molecule has 0 radical (unpaired) electrons. The van der Waals surface area contributed by atoms with Gasteiger partial charge in [0.25, 0.3) is 10.0 Å². The molecule has 1 aromatic carbocycles. The fraction of sp³-hybridized carbons (Fsp3) is 0.154. The number of nitrogens with zero attached hydrogens (tertiary/aromatic N) is 1. The van der Waals surface area contributed by atoms with Crippen LogP contribution < -0.4 is 9.46 Å². The summed E-state index contributed by atoms with van der Waals surface area (Å²) in [5.74, 6) is 0.430. The van der Waals surface area contributed by atoms with Gasteiger partial charge in [-0.2, -0.15) is 0 Å². The van der Waals surface area contributed by atoms with Gasteiger partial charge in [0.2, 0.25) is 0 Å². The monoisotopic (exact) mass is 312 g/mol. The second-order valence-electron chi connectivity index (χ2n) is 4.06. The first-order chi connectivity index (χ1) is 9.42. The lowest BCUT2D eigenvalue weighted by Gasteiger charge is -2.11. The highest BCUT2D eigenvalue weighted by Crippen LogP contribution is 2.28. The number of anilines is 1. The van der Waals surface area contributed by atoms with E-state index in [1.807, 2.05) is 0 Å². The van der Waals surface area contributed by atoms with Gasteiger partial charge in [-0.3, -0.25) is 4.72 Å². The molecule has 0 aliphatic heterocycles. The predicted octanol–water partition coefficient (Wildman–Crippen LogP) is 2.85. The maximum atomic E-state index is 12.3. The van der Waals surface area contributed by atoms with Crippen molar-refractivity contribution in [2.75, 3.05) is 11.8 Å². The summed E-state index contributed by atoms with van der Waals surface area (Å²) in [5, 5.41) is 0.398. The van der Waals surface area contributed by atoms with E-state index in [-0.39, 0.29) is 16.5 Å². The Morgan fingerprint density at radius 2 is 2.00 bits per heavy atom. The summed E-state index contributed by atoms with van der Waals surface area (Å²) in [6, 6.07) is 9.40. The predicted molar refractivity (Wildman–Crippen MR) is 77.8 cm³/mol. The van der Waals surface area contributed by atoms with Gasteiger partial charge in [-0.25, -0.2) is 13.4 Å². The van der Waals surface area contributed by atoms with Crippen molar-refractivity contribution < 1.29 is 13.2 Å². The number of nitrogens with one attached hydrogen (secondary N) is 1. The van der Waals surface area contributed by atoms with Crippen LogP contribution in [0.15, 0.2) is 41.3 Å². The average molecular weight is 313 g/mol. The fourth-order valence-electron chi connectivity index (χ4n) is 1.66. The summed E-state index contributed by atoms with van der Waals surface area (Å²) in [7, 11) is -2.40. The Balaban J connectivity index is 2.40. The molecule has 0 amide bonds. The maximum Gasteiger partial charge on any atom is 0.266 e. The molecule has 20 heavy (non-hydrogen) atoms. The number of methoxy groups -OCH3 is 1. The standard InChI is InChI=1S/C13H13ClN2O3S/c1-9-4-3-5-13(15-9)16-20(17,18)12-7-6-10(14)8-11(12)19-2/h3-8H,1-2H3,(H,15,16). The number of pyridine rings is 1. The Labute approximate surface area is 122 Å². The summed E-state index contributed by atoms with van der Waals surface area (Å²) >= 11 is 5.82. The van der Waals surface area contributed by atoms with Crippen molar-refractivity contribution in [2.45, 2.75) is 11.8 Å². The van der Waals surface area contributed by atoms with Crippen molar-refractivity contribution in [2.24, 2.45) is 0 Å². The molecule has 0 unspecified atom stereocenters. The van der Waals surface area contributed by atoms with Gasteiger partial charge in [0, 0.05) is 16.8 Å². The normalized spacial score (nSPS) is 11.2. The first-order valence-corrected chi connectivity index (χ1v) is 7.58. The molecule has 5 nitrogen and oxygen atoms in total. The minimum absolute atomic E-state index is 0.00714. The van der Waals surface area contributed by atoms with Gasteiger partial charge in [0.15, 0.2) is 0 Å². The summed E-state index contributed by atoms with van der Waals surface area (Å²) < 4.78 is 32.1. The van der Waals surface area contributed by atoms with Crippen molar-refractivity contribution >= 4 is 27.4 Å². The number of benzene rings is 1. The SMILES string of the molecule is COc1cc(Cl)ccc1S(=O)(=O)Nc1cccc(C)n1. The maximum absolute atomic E-state index is 12.3. The number of sulfonamides is 1. The van der Waals surface area contributed by atoms with Crippen molar-refractivity contribution in [3.63, 3.8) is 0 Å². The van der Waals surface area contributed by atoms with E-state index in [9.17, 15) is 8.42 Å². The smallest absolute Gasteiger partial charge is 0.266 e. The van der Waals surface area contributed by atoms with E-state index in [0.717, 1.165) is 0 Å². The topological polar surface area (TPSA) is 68.3 Å². The third-order valence-corrected chi connectivity index (χ3v) is 4.17. The van der Waals surface area contributed by atoms with Crippen molar-refractivity contribution in [3.05, 3.63) is 47.1 Å². The van der Waals surface area contributed by atoms with Crippen LogP contribution in [0.2, 0.25) is 5.02 Å². The van der Waals surface area contributed by atoms with E-state index in [1.165, 1.54) is 25.3 Å². The largest absolute Gasteiger partial charge is 0.495 e. The molecule has 0 saturated heterocycles. The number of ether oxygens (including phenoxy) is 1. The van der Waals surface area contributed by atoms with E-state index in [1.54, 1.807) is 25.1 Å². The lowest BCUT2D eigenvalue weighted by atomic mass is 10.3. The average Bonchev–Trinajstić information content (AvgIpc) is 2.37. The van der Waals surface area contributed by atoms with Crippen molar-refractivity contribution in [3.8, 4) is 5.75 Å². The first-order valence-electron chi connectivity index (χ1n) is 5.72. The number of rotatable bonds is 4. The zero-order chi connectivity index (χ0) is 14.8. The van der Waals surface area contributed by atoms with Crippen LogP contribution >= 0.6 is 11.6 Å². The molecule has 1 heterocycles. The lowest BCUT2D eigenvalue weighted by Crippen LogP contribution is -2.15. The van der Waals surface area contributed by atoms with Crippen LogP contribution in [-0.4, -0.2) is 20.5 Å². The summed E-state index contributed by atoms with van der Waals surface area (Å²) in [6.45, 7) is 1.78. The molecule has 0 aliphatic carbocycles. The first kappa shape index (κ1) is 14.6. The summed E-state index contributed by atoms with van der Waals surface area (Å²) in [4.78, 5) is 4.11. The second-order valence-corrected chi connectivity index (χ2v) is 6.15. The molecular weight excluding hydrogens is 300 g/mol. The minimum Gasteiger partial charge on any atom is -0.495 e. The molecule has 7 heteroatoms.